The number of esters is 1. The Labute approximate surface area is 217 Å². The Morgan fingerprint density at radius 3 is 2.13 bits per heavy atom. The van der Waals surface area contributed by atoms with Crippen molar-refractivity contribution in [3.05, 3.63) is 11.8 Å². The van der Waals surface area contributed by atoms with Gasteiger partial charge in [-0.05, 0) is 12.3 Å². The van der Waals surface area contributed by atoms with Crippen molar-refractivity contribution < 1.29 is 74.1 Å². The Morgan fingerprint density at radius 2 is 1.50 bits per heavy atom. The predicted octanol–water partition coefficient (Wildman–Crippen LogP) is -4.33. The van der Waals surface area contributed by atoms with Gasteiger partial charge in [0.25, 0.3) is 0 Å². The van der Waals surface area contributed by atoms with E-state index in [2.05, 4.69) is 0 Å². The molecule has 15 unspecified atom stereocenters. The molecule has 0 amide bonds. The standard InChI is InChI=1S/C23H36O15/c1-7-3-9(25)13-8(20(32)33-2)5-34-21(12(7)13)38-23-19(31)17(29)15(27)11(37-23)6-35-22-18(30)16(28)14(26)10(4-24)36-22/h5,7,9-19,21-31H,3-4,6H2,1-2H3. The summed E-state index contributed by atoms with van der Waals surface area (Å²) in [4.78, 5) is 12.2. The molecule has 0 aromatic rings. The van der Waals surface area contributed by atoms with Gasteiger partial charge in [0.05, 0.1) is 38.3 Å². The number of fused-ring (bicyclic) bond motifs is 1. The highest BCUT2D eigenvalue weighted by Gasteiger charge is 2.54. The lowest BCUT2D eigenvalue weighted by Crippen LogP contribution is -2.62. The van der Waals surface area contributed by atoms with Crippen molar-refractivity contribution in [2.45, 2.75) is 87.2 Å². The van der Waals surface area contributed by atoms with E-state index in [0.29, 0.717) is 6.42 Å². The summed E-state index contributed by atoms with van der Waals surface area (Å²) in [7, 11) is 1.21. The Hall–Kier alpha value is -1.47. The summed E-state index contributed by atoms with van der Waals surface area (Å²) in [5.41, 5.74) is 0.139. The summed E-state index contributed by atoms with van der Waals surface area (Å²) in [6.45, 7) is 0.644. The van der Waals surface area contributed by atoms with Crippen molar-refractivity contribution in [3.63, 3.8) is 0 Å². The minimum atomic E-state index is -1.75. The Morgan fingerprint density at radius 1 is 0.895 bits per heavy atom. The molecule has 8 N–H and O–H groups in total. The predicted molar refractivity (Wildman–Crippen MR) is 119 cm³/mol. The molecule has 3 heterocycles. The normalized spacial score (nSPS) is 49.1. The van der Waals surface area contributed by atoms with E-state index in [1.54, 1.807) is 0 Å². The zero-order chi connectivity index (χ0) is 27.9. The SMILES string of the molecule is COC(=O)C1=COC(OC2OC(COC3OC(CO)C(O)C(O)C3O)C(O)C(O)C2O)C2C(C)CC(O)C12. The second-order valence-corrected chi connectivity index (χ2v) is 10.1. The van der Waals surface area contributed by atoms with E-state index >= 15 is 0 Å². The topological polar surface area (TPSA) is 234 Å². The maximum atomic E-state index is 12.2. The number of rotatable bonds is 7. The molecule has 38 heavy (non-hydrogen) atoms. The molecule has 0 radical (unpaired) electrons. The summed E-state index contributed by atoms with van der Waals surface area (Å²) in [6.07, 6.45) is -16.2. The van der Waals surface area contributed by atoms with Gasteiger partial charge < -0.3 is 69.3 Å². The van der Waals surface area contributed by atoms with Crippen molar-refractivity contribution in [2.75, 3.05) is 20.3 Å². The molecular weight excluding hydrogens is 516 g/mol. The molecule has 1 saturated carbocycles. The largest absolute Gasteiger partial charge is 0.472 e. The molecule has 218 valence electrons. The van der Waals surface area contributed by atoms with Crippen molar-refractivity contribution in [1.29, 1.82) is 0 Å². The van der Waals surface area contributed by atoms with Crippen LogP contribution in [0.4, 0.5) is 0 Å². The molecule has 15 atom stereocenters. The van der Waals surface area contributed by atoms with Crippen LogP contribution in [-0.4, -0.2) is 141 Å². The van der Waals surface area contributed by atoms with E-state index < -0.39 is 105 Å². The molecular formula is C23H36O15. The molecule has 3 aliphatic heterocycles. The molecule has 4 aliphatic rings. The van der Waals surface area contributed by atoms with Crippen LogP contribution in [-0.2, 0) is 33.2 Å². The molecule has 0 bridgehead atoms. The molecule has 3 fully saturated rings. The molecule has 0 spiro atoms. The Kier molecular flexibility index (Phi) is 9.28. The third kappa shape index (κ3) is 5.43. The molecule has 1 aliphatic carbocycles. The first-order valence-electron chi connectivity index (χ1n) is 12.4. The third-order valence-electron chi connectivity index (χ3n) is 7.73. The van der Waals surface area contributed by atoms with Crippen LogP contribution < -0.4 is 0 Å². The van der Waals surface area contributed by atoms with Crippen LogP contribution in [0.15, 0.2) is 11.8 Å². The number of aliphatic hydroxyl groups is 8. The molecule has 0 aromatic carbocycles. The van der Waals surface area contributed by atoms with E-state index in [1.165, 1.54) is 7.11 Å². The molecule has 2 saturated heterocycles. The minimum Gasteiger partial charge on any atom is -0.472 e. The lowest BCUT2D eigenvalue weighted by atomic mass is 9.82. The molecule has 15 heteroatoms. The highest BCUT2D eigenvalue weighted by atomic mass is 16.8. The first-order valence-corrected chi connectivity index (χ1v) is 12.4. The van der Waals surface area contributed by atoms with Crippen LogP contribution in [0.1, 0.15) is 13.3 Å². The average Bonchev–Trinajstić information content (AvgIpc) is 3.21. The molecule has 15 nitrogen and oxygen atoms in total. The zero-order valence-corrected chi connectivity index (χ0v) is 20.8. The van der Waals surface area contributed by atoms with Gasteiger partial charge in [-0.1, -0.05) is 6.92 Å². The van der Waals surface area contributed by atoms with Crippen LogP contribution in [0.5, 0.6) is 0 Å². The second kappa shape index (κ2) is 12.0. The Balaban J connectivity index is 1.45. The van der Waals surface area contributed by atoms with E-state index in [0.717, 1.165) is 6.26 Å². The first-order chi connectivity index (χ1) is 18.0. The van der Waals surface area contributed by atoms with E-state index in [-0.39, 0.29) is 11.5 Å². The quantitative estimate of drug-likeness (QED) is 0.139. The van der Waals surface area contributed by atoms with E-state index in [4.69, 9.17) is 28.4 Å². The first kappa shape index (κ1) is 29.5. The van der Waals surface area contributed by atoms with Gasteiger partial charge >= 0.3 is 5.97 Å². The lowest BCUT2D eigenvalue weighted by molar-refractivity contribution is -0.354. The second-order valence-electron chi connectivity index (χ2n) is 10.1. The minimum absolute atomic E-state index is 0.139. The van der Waals surface area contributed by atoms with E-state index in [1.807, 2.05) is 6.92 Å². The van der Waals surface area contributed by atoms with Crippen LogP contribution in [0.2, 0.25) is 0 Å². The maximum absolute atomic E-state index is 12.2. The third-order valence-corrected chi connectivity index (χ3v) is 7.73. The number of methoxy groups -OCH3 is 1. The maximum Gasteiger partial charge on any atom is 0.337 e. The lowest BCUT2D eigenvalue weighted by Gasteiger charge is -2.44. The van der Waals surface area contributed by atoms with Gasteiger partial charge in [-0.2, -0.15) is 0 Å². The van der Waals surface area contributed by atoms with Crippen molar-refractivity contribution in [3.8, 4) is 0 Å². The number of aliphatic hydroxyl groups excluding tert-OH is 8. The fourth-order valence-electron chi connectivity index (χ4n) is 5.58. The monoisotopic (exact) mass is 552 g/mol. The highest BCUT2D eigenvalue weighted by molar-refractivity contribution is 5.89. The zero-order valence-electron chi connectivity index (χ0n) is 20.8. The van der Waals surface area contributed by atoms with Crippen molar-refractivity contribution in [2.24, 2.45) is 17.8 Å². The van der Waals surface area contributed by atoms with Gasteiger partial charge in [0.2, 0.25) is 6.29 Å². The van der Waals surface area contributed by atoms with Gasteiger partial charge in [0.15, 0.2) is 12.6 Å². The van der Waals surface area contributed by atoms with Crippen molar-refractivity contribution >= 4 is 5.97 Å². The average molecular weight is 553 g/mol. The van der Waals surface area contributed by atoms with E-state index in [9.17, 15) is 45.6 Å². The summed E-state index contributed by atoms with van der Waals surface area (Å²) in [5, 5.41) is 81.3. The fraction of sp³-hybridized carbons (Fsp3) is 0.870. The van der Waals surface area contributed by atoms with Gasteiger partial charge in [0, 0.05) is 11.8 Å². The summed E-state index contributed by atoms with van der Waals surface area (Å²) in [6, 6.07) is 0. The van der Waals surface area contributed by atoms with Crippen LogP contribution >= 0.6 is 0 Å². The van der Waals surface area contributed by atoms with Crippen LogP contribution in [0, 0.1) is 17.8 Å². The molecule has 0 aromatic heterocycles. The number of hydrogen-bond acceptors (Lipinski definition) is 15. The summed E-state index contributed by atoms with van der Waals surface area (Å²) in [5.74, 6) is -2.04. The highest BCUT2D eigenvalue weighted by Crippen LogP contribution is 2.47. The van der Waals surface area contributed by atoms with Crippen molar-refractivity contribution in [1.82, 2.24) is 0 Å². The number of hydrogen-bond donors (Lipinski definition) is 8. The fourth-order valence-corrected chi connectivity index (χ4v) is 5.58. The van der Waals surface area contributed by atoms with Crippen LogP contribution in [0.25, 0.3) is 0 Å². The van der Waals surface area contributed by atoms with Crippen LogP contribution in [0.3, 0.4) is 0 Å². The van der Waals surface area contributed by atoms with Gasteiger partial charge in [-0.15, -0.1) is 0 Å². The van der Waals surface area contributed by atoms with Gasteiger partial charge in [-0.25, -0.2) is 4.79 Å². The van der Waals surface area contributed by atoms with Gasteiger partial charge in [-0.3, -0.25) is 0 Å². The number of carbonyl (C=O) groups is 1. The Bertz CT molecular complexity index is 853. The summed E-state index contributed by atoms with van der Waals surface area (Å²) >= 11 is 0. The van der Waals surface area contributed by atoms with Gasteiger partial charge in [0.1, 0.15) is 48.8 Å². The number of carbonyl (C=O) groups excluding carboxylic acids is 1. The smallest absolute Gasteiger partial charge is 0.337 e. The number of ether oxygens (including phenoxy) is 6. The summed E-state index contributed by atoms with van der Waals surface area (Å²) < 4.78 is 32.6. The molecule has 4 rings (SSSR count).